The quantitative estimate of drug-likeness (QED) is 0.526. The van der Waals surface area contributed by atoms with E-state index in [1.807, 2.05) is 0 Å². The maximum atomic E-state index is 11.9. The lowest BCUT2D eigenvalue weighted by Crippen LogP contribution is -2.20. The standard InChI is InChI=1S/C13H15N3O3S/c17-13(12-9-3-1-2-4-10(9)12)15-14-7-8-5-6-11(20-8)16(18)19/h5-7,9-10,12H,1-4H2,(H,15,17)/b14-7-/t9-,10-/m1/s1. The lowest BCUT2D eigenvalue weighted by atomic mass is 10.0. The number of hydrazone groups is 1. The van der Waals surface area contributed by atoms with Crippen LogP contribution in [0.5, 0.6) is 0 Å². The number of hydrogen-bond acceptors (Lipinski definition) is 5. The Labute approximate surface area is 120 Å². The van der Waals surface area contributed by atoms with Crippen molar-refractivity contribution in [2.45, 2.75) is 25.7 Å². The molecule has 20 heavy (non-hydrogen) atoms. The molecule has 0 bridgehead atoms. The van der Waals surface area contributed by atoms with E-state index in [1.165, 1.54) is 25.1 Å². The fourth-order valence-electron chi connectivity index (χ4n) is 3.12. The zero-order valence-electron chi connectivity index (χ0n) is 10.8. The van der Waals surface area contributed by atoms with Crippen LogP contribution in [-0.4, -0.2) is 17.0 Å². The van der Waals surface area contributed by atoms with Crippen molar-refractivity contribution >= 4 is 28.5 Å². The Bertz CT molecular complexity index is 557. The first kappa shape index (κ1) is 13.2. The van der Waals surface area contributed by atoms with Gasteiger partial charge in [0.2, 0.25) is 5.91 Å². The summed E-state index contributed by atoms with van der Waals surface area (Å²) >= 11 is 1.04. The molecule has 2 aliphatic carbocycles. The molecule has 2 aliphatic rings. The molecule has 2 atom stereocenters. The summed E-state index contributed by atoms with van der Waals surface area (Å²) in [7, 11) is 0. The van der Waals surface area contributed by atoms with Crippen molar-refractivity contribution in [3.8, 4) is 0 Å². The van der Waals surface area contributed by atoms with Gasteiger partial charge in [-0.15, -0.1) is 0 Å². The van der Waals surface area contributed by atoms with Crippen molar-refractivity contribution in [3.63, 3.8) is 0 Å². The summed E-state index contributed by atoms with van der Waals surface area (Å²) in [5.41, 5.74) is 2.56. The number of fused-ring (bicyclic) bond motifs is 1. The van der Waals surface area contributed by atoms with Crippen LogP contribution in [0.1, 0.15) is 30.6 Å². The summed E-state index contributed by atoms with van der Waals surface area (Å²) in [6, 6.07) is 3.05. The molecule has 6 nitrogen and oxygen atoms in total. The van der Waals surface area contributed by atoms with E-state index in [2.05, 4.69) is 10.5 Å². The molecule has 2 saturated carbocycles. The maximum Gasteiger partial charge on any atom is 0.324 e. The SMILES string of the molecule is O=C(N/N=C\c1ccc([N+](=O)[O-])s1)C1[C@@H]2CCCC[C@@H]12. The van der Waals surface area contributed by atoms with Gasteiger partial charge < -0.3 is 0 Å². The number of thiophene rings is 1. The third-order valence-electron chi connectivity index (χ3n) is 4.12. The number of nitrogens with zero attached hydrogens (tertiary/aromatic N) is 2. The molecule has 1 amide bonds. The normalized spacial score (nSPS) is 28.1. The molecule has 0 spiro atoms. The van der Waals surface area contributed by atoms with Gasteiger partial charge in [-0.2, -0.15) is 5.10 Å². The van der Waals surface area contributed by atoms with Crippen molar-refractivity contribution in [3.05, 3.63) is 27.1 Å². The highest BCUT2D eigenvalue weighted by atomic mass is 32.1. The van der Waals surface area contributed by atoms with Gasteiger partial charge in [0.25, 0.3) is 0 Å². The maximum absolute atomic E-state index is 11.9. The minimum atomic E-state index is -0.435. The predicted octanol–water partition coefficient (Wildman–Crippen LogP) is 2.54. The molecule has 0 radical (unpaired) electrons. The number of rotatable bonds is 4. The number of hydrogen-bond donors (Lipinski definition) is 1. The van der Waals surface area contributed by atoms with Crippen LogP contribution in [0.25, 0.3) is 0 Å². The molecule has 3 rings (SSSR count). The van der Waals surface area contributed by atoms with Gasteiger partial charge in [0.05, 0.1) is 16.0 Å². The van der Waals surface area contributed by atoms with E-state index in [1.54, 1.807) is 6.07 Å². The van der Waals surface area contributed by atoms with E-state index in [-0.39, 0.29) is 16.8 Å². The summed E-state index contributed by atoms with van der Waals surface area (Å²) in [6.07, 6.45) is 6.23. The van der Waals surface area contributed by atoms with Crippen LogP contribution in [0.2, 0.25) is 0 Å². The molecule has 1 aromatic rings. The van der Waals surface area contributed by atoms with Gasteiger partial charge in [0, 0.05) is 12.0 Å². The third kappa shape index (κ3) is 2.58. The molecule has 1 aromatic heterocycles. The molecule has 0 aliphatic heterocycles. The van der Waals surface area contributed by atoms with Crippen molar-refractivity contribution < 1.29 is 9.72 Å². The van der Waals surface area contributed by atoms with Gasteiger partial charge in [-0.3, -0.25) is 14.9 Å². The summed E-state index contributed by atoms with van der Waals surface area (Å²) in [6.45, 7) is 0. The molecule has 1 heterocycles. The minimum absolute atomic E-state index is 0.00999. The van der Waals surface area contributed by atoms with Gasteiger partial charge in [-0.1, -0.05) is 24.2 Å². The van der Waals surface area contributed by atoms with Crippen molar-refractivity contribution in [1.29, 1.82) is 0 Å². The van der Waals surface area contributed by atoms with Gasteiger partial charge in [-0.05, 0) is 30.7 Å². The Kier molecular flexibility index (Phi) is 3.52. The number of carbonyl (C=O) groups is 1. The van der Waals surface area contributed by atoms with Crippen LogP contribution in [0.15, 0.2) is 17.2 Å². The van der Waals surface area contributed by atoms with Gasteiger partial charge >= 0.3 is 5.00 Å². The second-order valence-corrected chi connectivity index (χ2v) is 6.40. The Morgan fingerprint density at radius 2 is 2.10 bits per heavy atom. The highest BCUT2D eigenvalue weighted by Crippen LogP contribution is 2.55. The van der Waals surface area contributed by atoms with E-state index in [4.69, 9.17) is 0 Å². The summed E-state index contributed by atoms with van der Waals surface area (Å²) in [5.74, 6) is 1.24. The van der Waals surface area contributed by atoms with Crippen LogP contribution in [0.3, 0.4) is 0 Å². The molecule has 0 saturated heterocycles. The van der Waals surface area contributed by atoms with E-state index in [0.717, 1.165) is 24.2 Å². The molecule has 0 unspecified atom stereocenters. The number of nitrogens with one attached hydrogen (secondary N) is 1. The lowest BCUT2D eigenvalue weighted by Gasteiger charge is -2.04. The van der Waals surface area contributed by atoms with Gasteiger partial charge in [0.1, 0.15) is 0 Å². The third-order valence-corrected chi connectivity index (χ3v) is 5.09. The van der Waals surface area contributed by atoms with Crippen LogP contribution in [0, 0.1) is 27.9 Å². The van der Waals surface area contributed by atoms with Crippen molar-refractivity contribution in [1.82, 2.24) is 5.43 Å². The summed E-state index contributed by atoms with van der Waals surface area (Å²) in [5, 5.41) is 14.5. The molecule has 7 heteroatoms. The van der Waals surface area contributed by atoms with Gasteiger partial charge in [-0.25, -0.2) is 5.43 Å². The largest absolute Gasteiger partial charge is 0.324 e. The molecule has 2 fully saturated rings. The molecule has 1 N–H and O–H groups in total. The first-order valence-electron chi connectivity index (χ1n) is 6.74. The van der Waals surface area contributed by atoms with Crippen molar-refractivity contribution in [2.75, 3.05) is 0 Å². The Morgan fingerprint density at radius 1 is 1.40 bits per heavy atom. The highest BCUT2D eigenvalue weighted by molar-refractivity contribution is 7.16. The van der Waals surface area contributed by atoms with Crippen molar-refractivity contribution in [2.24, 2.45) is 22.9 Å². The average Bonchev–Trinajstić information content (AvgIpc) is 2.97. The number of amides is 1. The second-order valence-electron chi connectivity index (χ2n) is 5.31. The Hall–Kier alpha value is -1.76. The van der Waals surface area contributed by atoms with E-state index < -0.39 is 4.92 Å². The minimum Gasteiger partial charge on any atom is -0.273 e. The fraction of sp³-hybridized carbons (Fsp3) is 0.538. The smallest absolute Gasteiger partial charge is 0.273 e. The molecular formula is C13H15N3O3S. The number of carbonyl (C=O) groups excluding carboxylic acids is 1. The predicted molar refractivity (Wildman–Crippen MR) is 75.6 cm³/mol. The van der Waals surface area contributed by atoms with E-state index in [9.17, 15) is 14.9 Å². The number of nitro groups is 1. The summed E-state index contributed by atoms with van der Waals surface area (Å²) < 4.78 is 0. The van der Waals surface area contributed by atoms with Gasteiger partial charge in [0.15, 0.2) is 0 Å². The Balaban J connectivity index is 1.52. The zero-order chi connectivity index (χ0) is 14.1. The molecule has 0 aromatic carbocycles. The monoisotopic (exact) mass is 293 g/mol. The first-order valence-corrected chi connectivity index (χ1v) is 7.55. The molecule has 106 valence electrons. The lowest BCUT2D eigenvalue weighted by molar-refractivity contribution is -0.380. The van der Waals surface area contributed by atoms with Crippen LogP contribution in [-0.2, 0) is 4.79 Å². The van der Waals surface area contributed by atoms with E-state index in [0.29, 0.717) is 16.7 Å². The second kappa shape index (κ2) is 5.32. The topological polar surface area (TPSA) is 84.6 Å². The first-order chi connectivity index (χ1) is 9.66. The van der Waals surface area contributed by atoms with Crippen LogP contribution >= 0.6 is 11.3 Å². The zero-order valence-corrected chi connectivity index (χ0v) is 11.6. The van der Waals surface area contributed by atoms with E-state index >= 15 is 0 Å². The molecular weight excluding hydrogens is 278 g/mol. The van der Waals surface area contributed by atoms with Crippen LogP contribution < -0.4 is 5.43 Å². The Morgan fingerprint density at radius 3 is 2.70 bits per heavy atom. The highest BCUT2D eigenvalue weighted by Gasteiger charge is 2.54. The summed E-state index contributed by atoms with van der Waals surface area (Å²) in [4.78, 5) is 22.7. The fourth-order valence-corrected chi connectivity index (χ4v) is 3.82. The van der Waals surface area contributed by atoms with Crippen LogP contribution in [0.4, 0.5) is 5.00 Å². The average molecular weight is 293 g/mol.